The van der Waals surface area contributed by atoms with Gasteiger partial charge in [0.15, 0.2) is 0 Å². The molecule has 0 bridgehead atoms. The summed E-state index contributed by atoms with van der Waals surface area (Å²) in [6, 6.07) is 8.63. The van der Waals surface area contributed by atoms with Gasteiger partial charge in [0.05, 0.1) is 6.54 Å². The summed E-state index contributed by atoms with van der Waals surface area (Å²) in [5.74, 6) is 2.95. The molecule has 1 aromatic carbocycles. The SMILES string of the molecule is CCCC[n+]1ccn(C(C)c2ccccc2OC(C)=C(C(C)C)C(C)C)c1. The van der Waals surface area contributed by atoms with Crippen LogP contribution in [0.3, 0.4) is 0 Å². The molecule has 1 heterocycles. The lowest BCUT2D eigenvalue weighted by molar-refractivity contribution is -0.696. The number of unbranched alkanes of at least 4 members (excludes halogenated alkanes) is 1. The van der Waals surface area contributed by atoms with Gasteiger partial charge >= 0.3 is 0 Å². The fourth-order valence-corrected chi connectivity index (χ4v) is 3.90. The molecule has 0 N–H and O–H groups in total. The van der Waals surface area contributed by atoms with Crippen LogP contribution in [0.25, 0.3) is 0 Å². The van der Waals surface area contributed by atoms with Gasteiger partial charge < -0.3 is 4.74 Å². The van der Waals surface area contributed by atoms with Crippen LogP contribution < -0.4 is 9.30 Å². The van der Waals surface area contributed by atoms with Crippen molar-refractivity contribution in [2.75, 3.05) is 0 Å². The highest BCUT2D eigenvalue weighted by Crippen LogP contribution is 2.31. The summed E-state index contributed by atoms with van der Waals surface area (Å²) in [4.78, 5) is 0. The van der Waals surface area contributed by atoms with Crippen LogP contribution in [0.2, 0.25) is 0 Å². The van der Waals surface area contributed by atoms with Gasteiger partial charge in [-0.3, -0.25) is 0 Å². The third-order valence-corrected chi connectivity index (χ3v) is 5.21. The number of ether oxygens (including phenoxy) is 1. The Bertz CT molecular complexity index is 745. The molecule has 0 aliphatic heterocycles. The summed E-state index contributed by atoms with van der Waals surface area (Å²) in [7, 11) is 0. The number of hydrogen-bond donors (Lipinski definition) is 0. The summed E-state index contributed by atoms with van der Waals surface area (Å²) < 4.78 is 10.9. The number of nitrogens with zero attached hydrogens (tertiary/aromatic N) is 2. The average molecular weight is 370 g/mol. The van der Waals surface area contributed by atoms with Crippen LogP contribution in [0.5, 0.6) is 5.75 Å². The predicted octanol–water partition coefficient (Wildman–Crippen LogP) is 6.15. The molecule has 3 nitrogen and oxygen atoms in total. The maximum absolute atomic E-state index is 6.40. The highest BCUT2D eigenvalue weighted by molar-refractivity contribution is 5.37. The van der Waals surface area contributed by atoms with E-state index in [4.69, 9.17) is 4.74 Å². The van der Waals surface area contributed by atoms with Gasteiger partial charge in [-0.1, -0.05) is 59.2 Å². The highest BCUT2D eigenvalue weighted by Gasteiger charge is 2.20. The quantitative estimate of drug-likeness (QED) is 0.383. The monoisotopic (exact) mass is 369 g/mol. The van der Waals surface area contributed by atoms with E-state index in [1.165, 1.54) is 24.0 Å². The van der Waals surface area contributed by atoms with Crippen molar-refractivity contribution >= 4 is 0 Å². The number of hydrogen-bond acceptors (Lipinski definition) is 1. The Balaban J connectivity index is 2.29. The van der Waals surface area contributed by atoms with Gasteiger partial charge in [-0.15, -0.1) is 0 Å². The second kappa shape index (κ2) is 9.77. The first-order chi connectivity index (χ1) is 12.8. The number of aromatic nitrogens is 2. The van der Waals surface area contributed by atoms with Crippen LogP contribution in [-0.2, 0) is 6.54 Å². The lowest BCUT2D eigenvalue weighted by Crippen LogP contribution is -2.31. The summed E-state index contributed by atoms with van der Waals surface area (Å²) >= 11 is 0. The molecule has 0 saturated heterocycles. The third kappa shape index (κ3) is 5.47. The van der Waals surface area contributed by atoms with E-state index in [0.29, 0.717) is 11.8 Å². The van der Waals surface area contributed by atoms with Crippen molar-refractivity contribution in [3.8, 4) is 5.75 Å². The molecule has 27 heavy (non-hydrogen) atoms. The van der Waals surface area contributed by atoms with Gasteiger partial charge in [-0.25, -0.2) is 9.13 Å². The van der Waals surface area contributed by atoms with E-state index in [1.807, 2.05) is 0 Å². The number of benzene rings is 1. The first kappa shape index (κ1) is 21.3. The van der Waals surface area contributed by atoms with E-state index in [2.05, 4.69) is 101 Å². The molecule has 1 aromatic heterocycles. The smallest absolute Gasteiger partial charge is 0.244 e. The van der Waals surface area contributed by atoms with Crippen LogP contribution in [0, 0.1) is 11.8 Å². The topological polar surface area (TPSA) is 18.0 Å². The van der Waals surface area contributed by atoms with E-state index in [-0.39, 0.29) is 6.04 Å². The van der Waals surface area contributed by atoms with Gasteiger partial charge in [0.1, 0.15) is 29.9 Å². The largest absolute Gasteiger partial charge is 0.462 e. The molecule has 148 valence electrons. The fraction of sp³-hybridized carbons (Fsp3) is 0.542. The minimum Gasteiger partial charge on any atom is -0.462 e. The first-order valence-electron chi connectivity index (χ1n) is 10.4. The van der Waals surface area contributed by atoms with Crippen LogP contribution in [0.4, 0.5) is 0 Å². The number of para-hydroxylation sites is 1. The van der Waals surface area contributed by atoms with Crippen molar-refractivity contribution in [1.82, 2.24) is 4.57 Å². The molecule has 2 aromatic rings. The summed E-state index contributed by atoms with van der Waals surface area (Å²) in [6.07, 6.45) is 8.95. The van der Waals surface area contributed by atoms with Crippen molar-refractivity contribution in [2.24, 2.45) is 11.8 Å². The predicted molar refractivity (Wildman–Crippen MR) is 113 cm³/mol. The molecule has 0 amide bonds. The zero-order valence-corrected chi connectivity index (χ0v) is 18.2. The van der Waals surface area contributed by atoms with E-state index >= 15 is 0 Å². The molecule has 2 rings (SSSR count). The molecule has 0 aliphatic rings. The number of imidazole rings is 1. The Labute approximate surface area is 165 Å². The lowest BCUT2D eigenvalue weighted by atomic mass is 9.91. The molecule has 3 heteroatoms. The minimum absolute atomic E-state index is 0.221. The number of allylic oxidation sites excluding steroid dienone is 2. The number of aryl methyl sites for hydroxylation is 1. The molecule has 0 fully saturated rings. The van der Waals surface area contributed by atoms with Gasteiger partial charge in [0.25, 0.3) is 0 Å². The van der Waals surface area contributed by atoms with E-state index in [1.54, 1.807) is 0 Å². The van der Waals surface area contributed by atoms with E-state index in [0.717, 1.165) is 18.1 Å². The molecule has 0 aliphatic carbocycles. The van der Waals surface area contributed by atoms with Crippen LogP contribution in [0.1, 0.15) is 72.9 Å². The van der Waals surface area contributed by atoms with Crippen molar-refractivity contribution in [3.05, 3.63) is 59.9 Å². The molecule has 0 spiro atoms. The van der Waals surface area contributed by atoms with Crippen molar-refractivity contribution < 1.29 is 9.30 Å². The Kier molecular flexibility index (Phi) is 7.70. The fourth-order valence-electron chi connectivity index (χ4n) is 3.90. The average Bonchev–Trinajstić information content (AvgIpc) is 3.08. The Morgan fingerprint density at radius 3 is 2.37 bits per heavy atom. The highest BCUT2D eigenvalue weighted by atomic mass is 16.5. The Hall–Kier alpha value is -2.03. The van der Waals surface area contributed by atoms with Crippen molar-refractivity contribution in [3.63, 3.8) is 0 Å². The van der Waals surface area contributed by atoms with Crippen LogP contribution in [0.15, 0.2) is 54.3 Å². The molecular formula is C24H37N2O+. The molecule has 1 unspecified atom stereocenters. The standard InChI is InChI=1S/C24H37N2O/c1-8-9-14-25-15-16-26(17-25)20(6)22-12-10-11-13-23(22)27-21(7)24(18(2)3)19(4)5/h10-13,15-20H,8-9,14H2,1-7H3/q+1. The van der Waals surface area contributed by atoms with E-state index in [9.17, 15) is 0 Å². The molecule has 0 saturated carbocycles. The summed E-state index contributed by atoms with van der Waals surface area (Å²) in [5, 5.41) is 0. The first-order valence-corrected chi connectivity index (χ1v) is 10.4. The summed E-state index contributed by atoms with van der Waals surface area (Å²) in [5.41, 5.74) is 2.60. The zero-order valence-electron chi connectivity index (χ0n) is 18.2. The second-order valence-electron chi connectivity index (χ2n) is 8.09. The zero-order chi connectivity index (χ0) is 20.0. The van der Waals surface area contributed by atoms with Crippen LogP contribution in [-0.4, -0.2) is 4.57 Å². The van der Waals surface area contributed by atoms with Crippen molar-refractivity contribution in [1.29, 1.82) is 0 Å². The lowest BCUT2D eigenvalue weighted by Gasteiger charge is -2.21. The maximum atomic E-state index is 6.40. The Morgan fingerprint density at radius 1 is 1.07 bits per heavy atom. The minimum atomic E-state index is 0.221. The van der Waals surface area contributed by atoms with Gasteiger partial charge in [-0.2, -0.15) is 0 Å². The number of rotatable bonds is 9. The van der Waals surface area contributed by atoms with Gasteiger partial charge in [-0.05, 0) is 43.7 Å². The maximum Gasteiger partial charge on any atom is 0.244 e. The summed E-state index contributed by atoms with van der Waals surface area (Å²) in [6.45, 7) is 16.6. The molecule has 1 atom stereocenters. The van der Waals surface area contributed by atoms with Gasteiger partial charge in [0.2, 0.25) is 6.33 Å². The van der Waals surface area contributed by atoms with Gasteiger partial charge in [0, 0.05) is 5.56 Å². The Morgan fingerprint density at radius 2 is 1.74 bits per heavy atom. The van der Waals surface area contributed by atoms with Crippen molar-refractivity contribution in [2.45, 2.75) is 73.9 Å². The molecular weight excluding hydrogens is 332 g/mol. The molecule has 0 radical (unpaired) electrons. The van der Waals surface area contributed by atoms with E-state index < -0.39 is 0 Å². The normalized spacial score (nSPS) is 12.5. The second-order valence-corrected chi connectivity index (χ2v) is 8.09. The third-order valence-electron chi connectivity index (χ3n) is 5.21. The van der Waals surface area contributed by atoms with Crippen LogP contribution >= 0.6 is 0 Å².